The van der Waals surface area contributed by atoms with Gasteiger partial charge in [-0.15, -0.1) is 10.2 Å². The lowest BCUT2D eigenvalue weighted by Crippen LogP contribution is -2.55. The summed E-state index contributed by atoms with van der Waals surface area (Å²) in [6, 6.07) is -0.287. The fraction of sp³-hybridized carbons (Fsp3) is 0.724. The highest BCUT2D eigenvalue weighted by Gasteiger charge is 2.39. The van der Waals surface area contributed by atoms with Crippen LogP contribution in [0.15, 0.2) is 12.5 Å². The minimum absolute atomic E-state index is 0.141. The minimum atomic E-state index is -0.644. The van der Waals surface area contributed by atoms with Crippen LogP contribution in [0.4, 0.5) is 10.6 Å². The molecule has 2 N–H and O–H groups in total. The third-order valence-corrected chi connectivity index (χ3v) is 6.67. The van der Waals surface area contributed by atoms with E-state index in [2.05, 4.69) is 39.3 Å². The van der Waals surface area contributed by atoms with Gasteiger partial charge in [0.1, 0.15) is 35.0 Å². The molecule has 228 valence electrons. The van der Waals surface area contributed by atoms with E-state index in [-0.39, 0.29) is 29.2 Å². The maximum Gasteiger partial charge on any atom is 0.410 e. The van der Waals surface area contributed by atoms with Gasteiger partial charge in [-0.1, -0.05) is 34.6 Å². The number of aromatic amines is 1. The van der Waals surface area contributed by atoms with Gasteiger partial charge in [0, 0.05) is 57.4 Å². The SMILES string of the molecule is COCCCNc1nc(C(C)(C)C)ncc1C(=O)N(CC(C)C)[C@H]1C[C@@H](c2nnc[nH]2)CN(C(=O)OC(C)(C)C)C1. The van der Waals surface area contributed by atoms with Crippen LogP contribution in [-0.2, 0) is 14.9 Å². The van der Waals surface area contributed by atoms with E-state index in [0.717, 1.165) is 6.42 Å². The van der Waals surface area contributed by atoms with Crippen molar-refractivity contribution in [2.75, 3.05) is 45.2 Å². The number of likely N-dealkylation sites (tertiary alicyclic amines) is 1. The molecule has 0 bridgehead atoms. The standard InChI is InChI=1S/C29H48N8O4/c1-19(2)15-37(25(38)22-14-31-26(28(3,4)5)34-24(22)30-11-10-12-40-9)21-13-20(23-32-18-33-35-23)16-36(17-21)27(39)41-29(6,7)8/h14,18-21H,10-13,15-17H2,1-9H3,(H,30,31,34)(H,32,33,35)/t20-,21+/m1/s1. The highest BCUT2D eigenvalue weighted by atomic mass is 16.6. The van der Waals surface area contributed by atoms with Crippen LogP contribution < -0.4 is 5.32 Å². The molecule has 12 nitrogen and oxygen atoms in total. The first-order chi connectivity index (χ1) is 19.2. The lowest BCUT2D eigenvalue weighted by molar-refractivity contribution is 0.00607. The van der Waals surface area contributed by atoms with Crippen LogP contribution >= 0.6 is 0 Å². The van der Waals surface area contributed by atoms with Crippen LogP contribution in [0.5, 0.6) is 0 Å². The smallest absolute Gasteiger partial charge is 0.410 e. The Morgan fingerprint density at radius 1 is 1.20 bits per heavy atom. The molecule has 1 fully saturated rings. The Labute approximate surface area is 244 Å². The number of carbonyl (C=O) groups is 2. The van der Waals surface area contributed by atoms with Crippen LogP contribution in [0.1, 0.15) is 96.2 Å². The number of amides is 2. The van der Waals surface area contributed by atoms with E-state index in [9.17, 15) is 9.59 Å². The Morgan fingerprint density at radius 3 is 2.51 bits per heavy atom. The zero-order chi connectivity index (χ0) is 30.4. The number of ether oxygens (including phenoxy) is 2. The van der Waals surface area contributed by atoms with Crippen molar-refractivity contribution in [3.63, 3.8) is 0 Å². The summed E-state index contributed by atoms with van der Waals surface area (Å²) in [5.74, 6) is 1.70. The van der Waals surface area contributed by atoms with Crippen LogP contribution in [0.3, 0.4) is 0 Å². The van der Waals surface area contributed by atoms with Crippen LogP contribution in [0.2, 0.25) is 0 Å². The number of anilines is 1. The summed E-state index contributed by atoms with van der Waals surface area (Å²) in [4.78, 5) is 43.6. The summed E-state index contributed by atoms with van der Waals surface area (Å²) in [6.45, 7) is 18.3. The van der Waals surface area contributed by atoms with Gasteiger partial charge in [-0.2, -0.15) is 0 Å². The van der Waals surface area contributed by atoms with Gasteiger partial charge in [0.15, 0.2) is 0 Å². The van der Waals surface area contributed by atoms with Crippen molar-refractivity contribution < 1.29 is 19.1 Å². The number of piperidine rings is 1. The number of hydrogen-bond acceptors (Lipinski definition) is 9. The van der Waals surface area contributed by atoms with Gasteiger partial charge in [0.05, 0.1) is 6.04 Å². The van der Waals surface area contributed by atoms with E-state index in [1.807, 2.05) is 46.4 Å². The number of hydrogen-bond donors (Lipinski definition) is 2. The highest BCUT2D eigenvalue weighted by Crippen LogP contribution is 2.31. The molecule has 0 spiro atoms. The molecule has 0 aromatic carbocycles. The summed E-state index contributed by atoms with van der Waals surface area (Å²) in [5.41, 5.74) is -0.528. The maximum absolute atomic E-state index is 14.4. The normalized spacial score (nSPS) is 18.0. The predicted molar refractivity (Wildman–Crippen MR) is 157 cm³/mol. The molecule has 3 heterocycles. The van der Waals surface area contributed by atoms with Gasteiger partial charge in [-0.25, -0.2) is 14.8 Å². The first kappa shape index (κ1) is 32.2. The molecular weight excluding hydrogens is 524 g/mol. The number of carbonyl (C=O) groups excluding carboxylic acids is 2. The van der Waals surface area contributed by atoms with Crippen molar-refractivity contribution in [1.29, 1.82) is 0 Å². The first-order valence-electron chi connectivity index (χ1n) is 14.4. The van der Waals surface area contributed by atoms with E-state index in [4.69, 9.17) is 14.5 Å². The number of H-pyrrole nitrogens is 1. The first-order valence-corrected chi connectivity index (χ1v) is 14.4. The van der Waals surface area contributed by atoms with E-state index in [1.54, 1.807) is 18.2 Å². The van der Waals surface area contributed by atoms with Crippen molar-refractivity contribution in [2.45, 2.75) is 91.2 Å². The second-order valence-electron chi connectivity index (χ2n) is 13.2. The van der Waals surface area contributed by atoms with Gasteiger partial charge in [0.2, 0.25) is 0 Å². The Bertz CT molecular complexity index is 1140. The topological polar surface area (TPSA) is 138 Å². The molecule has 1 aliphatic rings. The Balaban J connectivity index is 1.99. The summed E-state index contributed by atoms with van der Waals surface area (Å²) >= 11 is 0. The predicted octanol–water partition coefficient (Wildman–Crippen LogP) is 4.23. The molecule has 0 saturated carbocycles. The zero-order valence-corrected chi connectivity index (χ0v) is 26.2. The highest BCUT2D eigenvalue weighted by molar-refractivity contribution is 5.98. The Hall–Kier alpha value is -3.28. The van der Waals surface area contributed by atoms with Crippen LogP contribution in [-0.4, -0.2) is 98.5 Å². The molecule has 2 atom stereocenters. The van der Waals surface area contributed by atoms with Crippen LogP contribution in [0.25, 0.3) is 0 Å². The largest absolute Gasteiger partial charge is 0.444 e. The fourth-order valence-corrected chi connectivity index (χ4v) is 4.79. The second kappa shape index (κ2) is 13.6. The quantitative estimate of drug-likeness (QED) is 0.400. The van der Waals surface area contributed by atoms with Crippen LogP contribution in [0, 0.1) is 5.92 Å². The van der Waals surface area contributed by atoms with Gasteiger partial charge in [0.25, 0.3) is 5.91 Å². The van der Waals surface area contributed by atoms with E-state index >= 15 is 0 Å². The molecule has 2 aromatic rings. The Kier molecular flexibility index (Phi) is 10.7. The van der Waals surface area contributed by atoms with E-state index in [0.29, 0.717) is 62.2 Å². The third-order valence-electron chi connectivity index (χ3n) is 6.67. The Morgan fingerprint density at radius 2 is 1.93 bits per heavy atom. The summed E-state index contributed by atoms with van der Waals surface area (Å²) < 4.78 is 10.9. The minimum Gasteiger partial charge on any atom is -0.444 e. The molecule has 41 heavy (non-hydrogen) atoms. The van der Waals surface area contributed by atoms with Gasteiger partial charge in [-0.3, -0.25) is 4.79 Å². The van der Waals surface area contributed by atoms with Gasteiger partial charge in [-0.05, 0) is 39.5 Å². The molecule has 0 aliphatic carbocycles. The lowest BCUT2D eigenvalue weighted by Gasteiger charge is -2.43. The van der Waals surface area contributed by atoms with Crippen molar-refractivity contribution in [2.24, 2.45) is 5.92 Å². The fourth-order valence-electron chi connectivity index (χ4n) is 4.79. The average Bonchev–Trinajstić information content (AvgIpc) is 3.43. The number of rotatable bonds is 10. The summed E-state index contributed by atoms with van der Waals surface area (Å²) in [5, 5.41) is 11.5. The summed E-state index contributed by atoms with van der Waals surface area (Å²) in [6.07, 6.45) is 4.13. The zero-order valence-electron chi connectivity index (χ0n) is 26.2. The molecule has 0 unspecified atom stereocenters. The van der Waals surface area contributed by atoms with Gasteiger partial charge < -0.3 is 29.6 Å². The lowest BCUT2D eigenvalue weighted by atomic mass is 9.91. The second-order valence-corrected chi connectivity index (χ2v) is 13.2. The number of aromatic nitrogens is 5. The molecule has 2 aromatic heterocycles. The molecular formula is C29H48N8O4. The maximum atomic E-state index is 14.4. The van der Waals surface area contributed by atoms with E-state index in [1.165, 1.54) is 6.33 Å². The van der Waals surface area contributed by atoms with E-state index < -0.39 is 11.7 Å². The monoisotopic (exact) mass is 572 g/mol. The van der Waals surface area contributed by atoms with Crippen molar-refractivity contribution in [3.05, 3.63) is 29.7 Å². The molecule has 12 heteroatoms. The van der Waals surface area contributed by atoms with Crippen molar-refractivity contribution in [1.82, 2.24) is 34.9 Å². The van der Waals surface area contributed by atoms with Crippen molar-refractivity contribution in [3.8, 4) is 0 Å². The average molecular weight is 573 g/mol. The number of nitrogens with zero attached hydrogens (tertiary/aromatic N) is 6. The van der Waals surface area contributed by atoms with Crippen molar-refractivity contribution >= 4 is 17.8 Å². The molecule has 1 aliphatic heterocycles. The summed E-state index contributed by atoms with van der Waals surface area (Å²) in [7, 11) is 1.66. The molecule has 1 saturated heterocycles. The number of nitrogens with one attached hydrogen (secondary N) is 2. The third kappa shape index (κ3) is 9.11. The van der Waals surface area contributed by atoms with Gasteiger partial charge >= 0.3 is 6.09 Å². The number of methoxy groups -OCH3 is 1. The molecule has 2 amide bonds. The molecule has 3 rings (SSSR count). The molecule has 0 radical (unpaired) electrons.